The van der Waals surface area contributed by atoms with Crippen LogP contribution in [-0.2, 0) is 24.4 Å². The van der Waals surface area contributed by atoms with E-state index in [9.17, 15) is 18.0 Å². The van der Waals surface area contributed by atoms with Gasteiger partial charge in [-0.2, -0.15) is 13.2 Å². The number of amides is 1. The number of imidazole rings is 1. The van der Waals surface area contributed by atoms with E-state index in [0.717, 1.165) is 12.5 Å². The number of nitrogens with zero attached hydrogens (tertiary/aromatic N) is 2. The summed E-state index contributed by atoms with van der Waals surface area (Å²) in [7, 11) is 1.82. The first kappa shape index (κ1) is 18.0. The minimum absolute atomic E-state index is 0.0300. The molecule has 1 amide bonds. The Morgan fingerprint density at radius 3 is 2.62 bits per heavy atom. The minimum Gasteiger partial charge on any atom is -0.346 e. The number of nitrogens with one attached hydrogen (secondary N) is 1. The second-order valence-corrected chi connectivity index (χ2v) is 5.64. The van der Waals surface area contributed by atoms with E-state index in [0.29, 0.717) is 12.2 Å². The van der Waals surface area contributed by atoms with Crippen LogP contribution in [0.15, 0.2) is 36.7 Å². The molecule has 0 saturated heterocycles. The van der Waals surface area contributed by atoms with Crippen LogP contribution in [-0.4, -0.2) is 15.5 Å². The van der Waals surface area contributed by atoms with Crippen LogP contribution in [0, 0.1) is 0 Å². The Morgan fingerprint density at radius 1 is 1.33 bits per heavy atom. The van der Waals surface area contributed by atoms with Crippen molar-refractivity contribution in [1.82, 2.24) is 14.9 Å². The van der Waals surface area contributed by atoms with E-state index in [1.165, 1.54) is 18.2 Å². The zero-order chi connectivity index (χ0) is 17.7. The van der Waals surface area contributed by atoms with Crippen LogP contribution >= 0.6 is 0 Å². The first-order valence-electron chi connectivity index (χ1n) is 7.74. The summed E-state index contributed by atoms with van der Waals surface area (Å²) in [6.45, 7) is 1.97. The van der Waals surface area contributed by atoms with Crippen molar-refractivity contribution in [3.63, 3.8) is 0 Å². The van der Waals surface area contributed by atoms with Crippen molar-refractivity contribution in [3.05, 3.63) is 53.6 Å². The third kappa shape index (κ3) is 4.37. The fraction of sp³-hybridized carbons (Fsp3) is 0.412. The van der Waals surface area contributed by atoms with Crippen LogP contribution in [0.3, 0.4) is 0 Å². The second-order valence-electron chi connectivity index (χ2n) is 5.64. The second kappa shape index (κ2) is 7.51. The number of hydrogen-bond acceptors (Lipinski definition) is 2. The summed E-state index contributed by atoms with van der Waals surface area (Å²) in [6, 6.07) is 4.82. The summed E-state index contributed by atoms with van der Waals surface area (Å²) in [6.07, 6.45) is 0.0837. The van der Waals surface area contributed by atoms with Crippen LogP contribution in [0.2, 0.25) is 0 Å². The van der Waals surface area contributed by atoms with E-state index in [4.69, 9.17) is 0 Å². The normalized spacial score (nSPS) is 12.9. The van der Waals surface area contributed by atoms with E-state index in [1.54, 1.807) is 17.0 Å². The Hall–Kier alpha value is -2.31. The van der Waals surface area contributed by atoms with Crippen LogP contribution in [0.1, 0.15) is 42.8 Å². The third-order valence-electron chi connectivity index (χ3n) is 3.76. The van der Waals surface area contributed by atoms with Crippen molar-refractivity contribution in [2.45, 2.75) is 38.4 Å². The lowest BCUT2D eigenvalue weighted by molar-refractivity contribution is -0.138. The number of rotatable bonds is 6. The number of carbonyl (C=O) groups is 1. The highest BCUT2D eigenvalue weighted by Crippen LogP contribution is 2.32. The highest BCUT2D eigenvalue weighted by atomic mass is 19.4. The molecular weight excluding hydrogens is 319 g/mol. The molecule has 24 heavy (non-hydrogen) atoms. The maximum atomic E-state index is 13.0. The summed E-state index contributed by atoms with van der Waals surface area (Å²) in [4.78, 5) is 16.5. The number of benzene rings is 1. The van der Waals surface area contributed by atoms with E-state index in [1.807, 2.05) is 14.0 Å². The zero-order valence-electron chi connectivity index (χ0n) is 13.6. The van der Waals surface area contributed by atoms with E-state index in [2.05, 4.69) is 10.3 Å². The van der Waals surface area contributed by atoms with E-state index < -0.39 is 17.6 Å². The molecular formula is C17H20F3N3O. The van der Waals surface area contributed by atoms with E-state index in [-0.39, 0.29) is 18.0 Å². The van der Waals surface area contributed by atoms with E-state index >= 15 is 0 Å². The van der Waals surface area contributed by atoms with Crippen molar-refractivity contribution >= 4 is 5.91 Å². The average Bonchev–Trinajstić information content (AvgIpc) is 2.92. The fourth-order valence-electron chi connectivity index (χ4n) is 2.64. The number of aromatic nitrogens is 2. The van der Waals surface area contributed by atoms with Crippen LogP contribution in [0.4, 0.5) is 13.2 Å². The molecule has 1 aromatic carbocycles. The predicted octanol–water partition coefficient (Wildman–Crippen LogP) is 3.64. The lowest BCUT2D eigenvalue weighted by atomic mass is 10.0. The minimum atomic E-state index is -4.47. The zero-order valence-corrected chi connectivity index (χ0v) is 13.6. The molecule has 0 spiro atoms. The maximum Gasteiger partial charge on any atom is 0.416 e. The lowest BCUT2D eigenvalue weighted by Gasteiger charge is -2.19. The standard InChI is InChI=1S/C17H20F3N3O/c1-3-6-14(16-21-9-10-23(16)2)22-15(24)11-12-7-4-5-8-13(12)17(18,19)20/h4-5,7-10,14H,3,6,11H2,1-2H3,(H,22,24)/t14-/m0/s1. The van der Waals surface area contributed by atoms with Gasteiger partial charge in [0.15, 0.2) is 0 Å². The summed E-state index contributed by atoms with van der Waals surface area (Å²) >= 11 is 0. The highest BCUT2D eigenvalue weighted by Gasteiger charge is 2.33. The van der Waals surface area contributed by atoms with Crippen molar-refractivity contribution in [2.24, 2.45) is 7.05 Å². The van der Waals surface area contributed by atoms with Gasteiger partial charge in [-0.25, -0.2) is 4.98 Å². The van der Waals surface area contributed by atoms with Gasteiger partial charge < -0.3 is 9.88 Å². The molecule has 0 saturated carbocycles. The molecule has 0 bridgehead atoms. The number of halogens is 3. The number of hydrogen-bond donors (Lipinski definition) is 1. The first-order valence-corrected chi connectivity index (χ1v) is 7.74. The molecule has 1 N–H and O–H groups in total. The van der Waals surface area contributed by atoms with Crippen molar-refractivity contribution < 1.29 is 18.0 Å². The Morgan fingerprint density at radius 2 is 2.04 bits per heavy atom. The van der Waals surface area contributed by atoms with Gasteiger partial charge in [0.25, 0.3) is 0 Å². The van der Waals surface area contributed by atoms with Gasteiger partial charge in [0.05, 0.1) is 18.0 Å². The van der Waals surface area contributed by atoms with Crippen molar-refractivity contribution in [1.29, 1.82) is 0 Å². The van der Waals surface area contributed by atoms with Crippen LogP contribution in [0.25, 0.3) is 0 Å². The van der Waals surface area contributed by atoms with Crippen molar-refractivity contribution in [2.75, 3.05) is 0 Å². The number of aryl methyl sites for hydroxylation is 1. The molecule has 0 aliphatic heterocycles. The molecule has 0 aliphatic carbocycles. The first-order chi connectivity index (χ1) is 11.3. The molecule has 0 aliphatic rings. The molecule has 0 unspecified atom stereocenters. The molecule has 0 radical (unpaired) electrons. The summed E-state index contributed by atoms with van der Waals surface area (Å²) < 4.78 is 40.8. The molecule has 0 fully saturated rings. The van der Waals surface area contributed by atoms with Gasteiger partial charge in [0.2, 0.25) is 5.91 Å². The smallest absolute Gasteiger partial charge is 0.346 e. The quantitative estimate of drug-likeness (QED) is 0.873. The van der Waals surface area contributed by atoms with Gasteiger partial charge in [-0.05, 0) is 18.1 Å². The largest absolute Gasteiger partial charge is 0.416 e. The number of alkyl halides is 3. The van der Waals surface area contributed by atoms with Gasteiger partial charge in [0.1, 0.15) is 5.82 Å². The Balaban J connectivity index is 2.14. The molecule has 130 valence electrons. The molecule has 1 atom stereocenters. The van der Waals surface area contributed by atoms with Gasteiger partial charge in [-0.1, -0.05) is 31.5 Å². The molecule has 2 rings (SSSR count). The topological polar surface area (TPSA) is 46.9 Å². The molecule has 1 aromatic heterocycles. The fourth-order valence-corrected chi connectivity index (χ4v) is 2.64. The summed E-state index contributed by atoms with van der Waals surface area (Å²) in [5.41, 5.74) is -0.804. The van der Waals surface area contributed by atoms with Crippen LogP contribution < -0.4 is 5.32 Å². The average molecular weight is 339 g/mol. The van der Waals surface area contributed by atoms with Crippen LogP contribution in [0.5, 0.6) is 0 Å². The monoisotopic (exact) mass is 339 g/mol. The van der Waals surface area contributed by atoms with Gasteiger partial charge in [-0.3, -0.25) is 4.79 Å². The molecule has 7 heteroatoms. The lowest BCUT2D eigenvalue weighted by Crippen LogP contribution is -2.32. The highest BCUT2D eigenvalue weighted by molar-refractivity contribution is 5.79. The summed E-state index contributed by atoms with van der Waals surface area (Å²) in [5, 5.41) is 2.80. The molecule has 4 nitrogen and oxygen atoms in total. The van der Waals surface area contributed by atoms with Gasteiger partial charge in [0, 0.05) is 19.4 Å². The van der Waals surface area contributed by atoms with Crippen molar-refractivity contribution in [3.8, 4) is 0 Å². The number of carbonyl (C=O) groups excluding carboxylic acids is 1. The Labute approximate surface area is 138 Å². The maximum absolute atomic E-state index is 13.0. The molecule has 1 heterocycles. The Bertz CT molecular complexity index is 694. The predicted molar refractivity (Wildman–Crippen MR) is 84.1 cm³/mol. The summed E-state index contributed by atoms with van der Waals surface area (Å²) in [5.74, 6) is 0.238. The van der Waals surface area contributed by atoms with Gasteiger partial charge >= 0.3 is 6.18 Å². The van der Waals surface area contributed by atoms with Gasteiger partial charge in [-0.15, -0.1) is 0 Å². The Kier molecular flexibility index (Phi) is 5.64. The SMILES string of the molecule is CCC[C@H](NC(=O)Cc1ccccc1C(F)(F)F)c1nccn1C. The third-order valence-corrected chi connectivity index (χ3v) is 3.76. The molecule has 2 aromatic rings.